The average molecular weight is 677 g/mol. The number of nitrogens with one attached hydrogen (secondary N) is 3. The predicted molar refractivity (Wildman–Crippen MR) is 193 cm³/mol. The van der Waals surface area contributed by atoms with Gasteiger partial charge in [-0.2, -0.15) is 11.8 Å². The van der Waals surface area contributed by atoms with Gasteiger partial charge in [-0.15, -0.1) is 0 Å². The van der Waals surface area contributed by atoms with Gasteiger partial charge in [0, 0.05) is 29.0 Å². The zero-order chi connectivity index (χ0) is 34.7. The number of rotatable bonds is 21. The Balaban J connectivity index is 1.87. The molecule has 5 N–H and O–H groups in total. The summed E-state index contributed by atoms with van der Waals surface area (Å²) < 4.78 is 0. The predicted octanol–water partition coefficient (Wildman–Crippen LogP) is 5.32. The molecule has 3 aromatic rings. The molecule has 9 nitrogen and oxygen atoms in total. The number of carbonyl (C=O) groups is 3. The van der Waals surface area contributed by atoms with Crippen LogP contribution in [0.25, 0.3) is 0 Å². The van der Waals surface area contributed by atoms with E-state index in [1.54, 1.807) is 54.4 Å². The molecule has 48 heavy (non-hydrogen) atoms. The van der Waals surface area contributed by atoms with E-state index in [0.717, 1.165) is 44.1 Å². The molecule has 0 aliphatic carbocycles. The molecule has 10 heteroatoms. The molecule has 0 fully saturated rings. The minimum Gasteiger partial charge on any atom is -0.388 e. The van der Waals surface area contributed by atoms with Crippen LogP contribution in [-0.2, 0) is 11.2 Å². The summed E-state index contributed by atoms with van der Waals surface area (Å²) in [4.78, 5) is 44.4. The van der Waals surface area contributed by atoms with Crippen molar-refractivity contribution in [2.45, 2.75) is 108 Å². The molecule has 0 aliphatic heterocycles. The van der Waals surface area contributed by atoms with Gasteiger partial charge >= 0.3 is 0 Å². The van der Waals surface area contributed by atoms with Crippen molar-refractivity contribution < 1.29 is 24.6 Å². The van der Waals surface area contributed by atoms with Crippen LogP contribution in [0.3, 0.4) is 0 Å². The Morgan fingerprint density at radius 1 is 0.708 bits per heavy atom. The van der Waals surface area contributed by atoms with Crippen molar-refractivity contribution in [3.05, 3.63) is 102 Å². The van der Waals surface area contributed by atoms with Crippen molar-refractivity contribution >= 4 is 29.5 Å². The number of aromatic nitrogens is 1. The SMILES string of the molecule is CCCC[C@@H](NC(=O)c1ccccc1)[C@@H](O)[C@H](O)[C@H](Cc1ccccc1)NC(=O)[C@@H](CSC(CCC)CCC)NC(=O)c1cccnc1. The van der Waals surface area contributed by atoms with E-state index < -0.39 is 42.1 Å². The highest BCUT2D eigenvalue weighted by Gasteiger charge is 2.35. The number of aliphatic hydroxyl groups is 2. The van der Waals surface area contributed by atoms with Crippen molar-refractivity contribution in [3.8, 4) is 0 Å². The summed E-state index contributed by atoms with van der Waals surface area (Å²) in [6.07, 6.45) is 6.46. The fourth-order valence-electron chi connectivity index (χ4n) is 5.59. The van der Waals surface area contributed by atoms with E-state index in [0.29, 0.717) is 28.6 Å². The van der Waals surface area contributed by atoms with E-state index in [4.69, 9.17) is 0 Å². The molecule has 260 valence electrons. The van der Waals surface area contributed by atoms with E-state index >= 15 is 0 Å². The van der Waals surface area contributed by atoms with Crippen LogP contribution in [0.15, 0.2) is 85.2 Å². The van der Waals surface area contributed by atoms with Gasteiger partial charge < -0.3 is 26.2 Å². The van der Waals surface area contributed by atoms with Gasteiger partial charge in [-0.1, -0.05) is 95.0 Å². The van der Waals surface area contributed by atoms with Crippen LogP contribution >= 0.6 is 11.8 Å². The maximum Gasteiger partial charge on any atom is 0.253 e. The van der Waals surface area contributed by atoms with Gasteiger partial charge in [-0.25, -0.2) is 0 Å². The number of benzene rings is 2. The lowest BCUT2D eigenvalue weighted by Gasteiger charge is -2.34. The van der Waals surface area contributed by atoms with Crippen LogP contribution in [0.5, 0.6) is 0 Å². The van der Waals surface area contributed by atoms with Gasteiger partial charge in [-0.05, 0) is 55.5 Å². The van der Waals surface area contributed by atoms with Crippen LogP contribution in [0.2, 0.25) is 0 Å². The maximum absolute atomic E-state index is 14.1. The van der Waals surface area contributed by atoms with E-state index in [1.165, 1.54) is 6.20 Å². The zero-order valence-electron chi connectivity index (χ0n) is 28.4. The first-order valence-electron chi connectivity index (χ1n) is 17.2. The van der Waals surface area contributed by atoms with E-state index in [1.807, 2.05) is 43.3 Å². The van der Waals surface area contributed by atoms with Gasteiger partial charge in [0.1, 0.15) is 18.2 Å². The van der Waals surface area contributed by atoms with Crippen LogP contribution in [0, 0.1) is 0 Å². The third-order valence-corrected chi connectivity index (χ3v) is 9.76. The molecular weight excluding hydrogens is 625 g/mol. The first kappa shape index (κ1) is 38.7. The van der Waals surface area contributed by atoms with E-state index in [-0.39, 0.29) is 12.3 Å². The molecule has 0 spiro atoms. The minimum atomic E-state index is -1.43. The lowest BCUT2D eigenvalue weighted by Crippen LogP contribution is -2.59. The highest BCUT2D eigenvalue weighted by Crippen LogP contribution is 2.23. The Bertz CT molecular complexity index is 1360. The number of hydrogen-bond acceptors (Lipinski definition) is 7. The number of hydrogen-bond donors (Lipinski definition) is 5. The normalized spacial score (nSPS) is 14.4. The van der Waals surface area contributed by atoms with Crippen molar-refractivity contribution in [2.24, 2.45) is 0 Å². The average Bonchev–Trinajstić information content (AvgIpc) is 3.11. The number of nitrogens with zero attached hydrogens (tertiary/aromatic N) is 1. The molecule has 1 aromatic heterocycles. The number of unbranched alkanes of at least 4 members (excludes halogenated alkanes) is 1. The molecule has 2 aromatic carbocycles. The molecule has 0 saturated carbocycles. The fraction of sp³-hybridized carbons (Fsp3) is 0.474. The number of amides is 3. The molecule has 1 heterocycles. The lowest BCUT2D eigenvalue weighted by molar-refractivity contribution is -0.125. The molecule has 0 saturated heterocycles. The Hall–Kier alpha value is -3.73. The summed E-state index contributed by atoms with van der Waals surface area (Å²) in [5, 5.41) is 32.4. The Morgan fingerprint density at radius 2 is 1.31 bits per heavy atom. The molecule has 0 aliphatic rings. The molecular formula is C38H52N4O5S. The van der Waals surface area contributed by atoms with Crippen LogP contribution < -0.4 is 16.0 Å². The maximum atomic E-state index is 14.1. The largest absolute Gasteiger partial charge is 0.388 e. The van der Waals surface area contributed by atoms with Gasteiger partial charge in [0.2, 0.25) is 5.91 Å². The second kappa shape index (κ2) is 21.3. The fourth-order valence-corrected chi connectivity index (χ4v) is 7.09. The van der Waals surface area contributed by atoms with Gasteiger partial charge in [0.25, 0.3) is 11.8 Å². The second-order valence-corrected chi connectivity index (χ2v) is 13.5. The molecule has 0 radical (unpaired) electrons. The Kier molecular flexibility index (Phi) is 17.2. The smallest absolute Gasteiger partial charge is 0.253 e. The highest BCUT2D eigenvalue weighted by molar-refractivity contribution is 8.00. The molecule has 3 amide bonds. The lowest BCUT2D eigenvalue weighted by atomic mass is 9.91. The topological polar surface area (TPSA) is 141 Å². The summed E-state index contributed by atoms with van der Waals surface area (Å²) in [7, 11) is 0. The van der Waals surface area contributed by atoms with Gasteiger partial charge in [-0.3, -0.25) is 19.4 Å². The van der Waals surface area contributed by atoms with E-state index in [9.17, 15) is 24.6 Å². The monoisotopic (exact) mass is 676 g/mol. The van der Waals surface area contributed by atoms with Crippen molar-refractivity contribution in [3.63, 3.8) is 0 Å². The van der Waals surface area contributed by atoms with Crippen LogP contribution in [-0.4, -0.2) is 74.3 Å². The van der Waals surface area contributed by atoms with Gasteiger partial charge in [0.15, 0.2) is 0 Å². The van der Waals surface area contributed by atoms with Crippen LogP contribution in [0.4, 0.5) is 0 Å². The Labute approximate surface area is 289 Å². The minimum absolute atomic E-state index is 0.225. The first-order chi connectivity index (χ1) is 23.3. The quantitative estimate of drug-likeness (QED) is 0.103. The Morgan fingerprint density at radius 3 is 1.92 bits per heavy atom. The van der Waals surface area contributed by atoms with E-state index in [2.05, 4.69) is 34.8 Å². The molecule has 3 rings (SSSR count). The van der Waals surface area contributed by atoms with Crippen molar-refractivity contribution in [1.29, 1.82) is 0 Å². The van der Waals surface area contributed by atoms with Crippen molar-refractivity contribution in [2.75, 3.05) is 5.75 Å². The second-order valence-electron chi connectivity index (χ2n) is 12.2. The summed E-state index contributed by atoms with van der Waals surface area (Å²) in [6.45, 7) is 6.28. The third-order valence-electron chi connectivity index (χ3n) is 8.29. The standard InChI is InChI=1S/C38H52N4O5S/c1-4-7-22-31(40-36(45)28-19-12-9-13-20-28)34(43)35(44)32(24-27-17-10-8-11-18-27)41-38(47)33(26-48-30(15-5-2)16-6-3)42-37(46)29-21-14-23-39-25-29/h8-14,17-21,23,25,30-35,43-44H,4-7,15-16,22,24,26H2,1-3H3,(H,40,45)(H,41,47)(H,42,46)/t31-,32+,33-,34-,35-/m1/s1. The summed E-state index contributed by atoms with van der Waals surface area (Å²) in [5.74, 6) is -0.895. The first-order valence-corrected chi connectivity index (χ1v) is 18.2. The molecule has 0 unspecified atom stereocenters. The zero-order valence-corrected chi connectivity index (χ0v) is 29.2. The third kappa shape index (κ3) is 12.7. The molecule has 0 bridgehead atoms. The number of aliphatic hydroxyl groups excluding tert-OH is 2. The van der Waals surface area contributed by atoms with Crippen LogP contribution in [0.1, 0.15) is 92.0 Å². The van der Waals surface area contributed by atoms with Crippen molar-refractivity contribution in [1.82, 2.24) is 20.9 Å². The highest BCUT2D eigenvalue weighted by atomic mass is 32.2. The summed E-state index contributed by atoms with van der Waals surface area (Å²) in [6, 6.07) is 18.9. The van der Waals surface area contributed by atoms with Gasteiger partial charge in [0.05, 0.1) is 17.6 Å². The summed E-state index contributed by atoms with van der Waals surface area (Å²) >= 11 is 1.66. The number of carbonyl (C=O) groups excluding carboxylic acids is 3. The number of thioether (sulfide) groups is 1. The number of pyridine rings is 1. The summed E-state index contributed by atoms with van der Waals surface area (Å²) in [5.41, 5.74) is 1.64. The molecule has 5 atom stereocenters.